The molecule has 3 rings (SSSR count). The van der Waals surface area contributed by atoms with Crippen LogP contribution >= 0.6 is 0 Å². The lowest BCUT2D eigenvalue weighted by Gasteiger charge is -2.49. The van der Waals surface area contributed by atoms with Crippen molar-refractivity contribution >= 4 is 0 Å². The third-order valence-corrected chi connectivity index (χ3v) is 4.44. The molecule has 1 N–H and O–H groups in total. The number of nitrogens with one attached hydrogen (secondary N) is 1. The van der Waals surface area contributed by atoms with Gasteiger partial charge in [0.2, 0.25) is 0 Å². The second-order valence-corrected chi connectivity index (χ2v) is 5.62. The quantitative estimate of drug-likeness (QED) is 0.891. The van der Waals surface area contributed by atoms with E-state index in [1.807, 2.05) is 6.07 Å². The molecule has 2 heterocycles. The summed E-state index contributed by atoms with van der Waals surface area (Å²) >= 11 is 0. The molecule has 0 amide bonds. The molecule has 0 spiro atoms. The van der Waals surface area contributed by atoms with Crippen LogP contribution in [0.15, 0.2) is 24.3 Å². The Bertz CT molecular complexity index is 425. The average Bonchev–Trinajstić information content (AvgIpc) is 2.38. The van der Waals surface area contributed by atoms with Gasteiger partial charge in [-0.3, -0.25) is 9.80 Å². The van der Waals surface area contributed by atoms with E-state index in [0.29, 0.717) is 12.1 Å². The van der Waals surface area contributed by atoms with Crippen molar-refractivity contribution in [3.05, 3.63) is 35.6 Å². The first-order valence-corrected chi connectivity index (χ1v) is 7.18. The second-order valence-electron chi connectivity index (χ2n) is 5.62. The largest absolute Gasteiger partial charge is 0.314 e. The number of nitrogens with zero attached hydrogens (tertiary/aromatic N) is 2. The van der Waals surface area contributed by atoms with Crippen LogP contribution in [0.5, 0.6) is 0 Å². The molecule has 3 nitrogen and oxygen atoms in total. The Morgan fingerprint density at radius 1 is 1.26 bits per heavy atom. The van der Waals surface area contributed by atoms with Gasteiger partial charge in [0.05, 0.1) is 0 Å². The lowest BCUT2D eigenvalue weighted by Crippen LogP contribution is -2.62. The number of hydrogen-bond acceptors (Lipinski definition) is 3. The molecule has 19 heavy (non-hydrogen) atoms. The minimum Gasteiger partial charge on any atom is -0.314 e. The molecule has 2 aliphatic rings. The van der Waals surface area contributed by atoms with E-state index in [2.05, 4.69) is 22.0 Å². The fraction of sp³-hybridized carbons (Fsp3) is 0.600. The highest BCUT2D eigenvalue weighted by Gasteiger charge is 2.35. The van der Waals surface area contributed by atoms with Gasteiger partial charge in [-0.25, -0.2) is 4.39 Å². The standard InChI is InChI=1S/C15H22FN3/c1-12(13-3-2-4-14(16)9-13)19-10-15(11-19)18-7-5-17-6-8-18/h2-4,9,12,15,17H,5-8,10-11H2,1H3. The molecule has 2 aliphatic heterocycles. The maximum absolute atomic E-state index is 13.2. The number of piperazine rings is 1. The van der Waals surface area contributed by atoms with Gasteiger partial charge in [0.25, 0.3) is 0 Å². The number of benzene rings is 1. The molecule has 1 aromatic rings. The lowest BCUT2D eigenvalue weighted by molar-refractivity contribution is 0.00342. The molecule has 0 saturated carbocycles. The van der Waals surface area contributed by atoms with Crippen LogP contribution in [0.3, 0.4) is 0 Å². The number of likely N-dealkylation sites (tertiary alicyclic amines) is 1. The molecule has 104 valence electrons. The Morgan fingerprint density at radius 3 is 2.68 bits per heavy atom. The van der Waals surface area contributed by atoms with Crippen LogP contribution in [0, 0.1) is 5.82 Å². The topological polar surface area (TPSA) is 18.5 Å². The molecule has 4 heteroatoms. The minimum atomic E-state index is -0.136. The van der Waals surface area contributed by atoms with E-state index >= 15 is 0 Å². The van der Waals surface area contributed by atoms with Gasteiger partial charge in [0.1, 0.15) is 5.82 Å². The van der Waals surface area contributed by atoms with Crippen LogP contribution in [0.25, 0.3) is 0 Å². The van der Waals surface area contributed by atoms with Gasteiger partial charge >= 0.3 is 0 Å². The molecule has 1 atom stereocenters. The van der Waals surface area contributed by atoms with Crippen LogP contribution in [0.4, 0.5) is 4.39 Å². The van der Waals surface area contributed by atoms with Crippen molar-refractivity contribution in [1.29, 1.82) is 0 Å². The SMILES string of the molecule is CC(c1cccc(F)c1)N1CC(N2CCNCC2)C1. The van der Waals surface area contributed by atoms with Crippen molar-refractivity contribution < 1.29 is 4.39 Å². The Labute approximate surface area is 114 Å². The van der Waals surface area contributed by atoms with E-state index in [9.17, 15) is 4.39 Å². The van der Waals surface area contributed by atoms with Crippen molar-refractivity contribution in [1.82, 2.24) is 15.1 Å². The summed E-state index contributed by atoms with van der Waals surface area (Å²) in [5.41, 5.74) is 1.08. The maximum Gasteiger partial charge on any atom is 0.123 e. The Morgan fingerprint density at radius 2 is 2.00 bits per heavy atom. The van der Waals surface area contributed by atoms with Gasteiger partial charge in [-0.1, -0.05) is 12.1 Å². The molecular weight excluding hydrogens is 241 g/mol. The highest BCUT2D eigenvalue weighted by Crippen LogP contribution is 2.27. The number of halogens is 1. The van der Waals surface area contributed by atoms with Gasteiger partial charge in [0.15, 0.2) is 0 Å². The zero-order valence-corrected chi connectivity index (χ0v) is 11.5. The molecule has 2 fully saturated rings. The first-order valence-electron chi connectivity index (χ1n) is 7.18. The van der Waals surface area contributed by atoms with E-state index in [4.69, 9.17) is 0 Å². The average molecular weight is 263 g/mol. The van der Waals surface area contributed by atoms with E-state index in [1.165, 1.54) is 6.07 Å². The van der Waals surface area contributed by atoms with Crippen molar-refractivity contribution in [3.63, 3.8) is 0 Å². The fourth-order valence-electron chi connectivity index (χ4n) is 3.06. The Hall–Kier alpha value is -0.970. The molecule has 0 radical (unpaired) electrons. The summed E-state index contributed by atoms with van der Waals surface area (Å²) in [6.45, 7) is 8.92. The summed E-state index contributed by atoms with van der Waals surface area (Å²) in [4.78, 5) is 5.01. The smallest absolute Gasteiger partial charge is 0.123 e. The zero-order chi connectivity index (χ0) is 13.2. The summed E-state index contributed by atoms with van der Waals surface area (Å²) in [5.74, 6) is -0.136. The lowest BCUT2D eigenvalue weighted by atomic mass is 9.99. The van der Waals surface area contributed by atoms with E-state index in [0.717, 1.165) is 44.8 Å². The molecule has 1 unspecified atom stereocenters. The minimum absolute atomic E-state index is 0.136. The van der Waals surface area contributed by atoms with Crippen LogP contribution in [-0.2, 0) is 0 Å². The first kappa shape index (κ1) is 13.0. The van der Waals surface area contributed by atoms with Crippen LogP contribution in [-0.4, -0.2) is 55.1 Å². The summed E-state index contributed by atoms with van der Waals surface area (Å²) in [5, 5.41) is 3.39. The van der Waals surface area contributed by atoms with E-state index in [-0.39, 0.29) is 5.82 Å². The Balaban J connectivity index is 1.55. The molecule has 2 saturated heterocycles. The predicted molar refractivity (Wildman–Crippen MR) is 74.6 cm³/mol. The molecular formula is C15H22FN3. The first-order chi connectivity index (χ1) is 9.24. The zero-order valence-electron chi connectivity index (χ0n) is 11.5. The molecule has 0 bridgehead atoms. The van der Waals surface area contributed by atoms with Crippen LogP contribution in [0.1, 0.15) is 18.5 Å². The summed E-state index contributed by atoms with van der Waals surface area (Å²) < 4.78 is 13.2. The van der Waals surface area contributed by atoms with Gasteiger partial charge in [-0.2, -0.15) is 0 Å². The highest BCUT2D eigenvalue weighted by molar-refractivity contribution is 5.20. The van der Waals surface area contributed by atoms with Gasteiger partial charge in [-0.15, -0.1) is 0 Å². The van der Waals surface area contributed by atoms with Crippen LogP contribution in [0.2, 0.25) is 0 Å². The van der Waals surface area contributed by atoms with Crippen LogP contribution < -0.4 is 5.32 Å². The van der Waals surface area contributed by atoms with Crippen molar-refractivity contribution in [2.24, 2.45) is 0 Å². The van der Waals surface area contributed by atoms with Crippen molar-refractivity contribution in [2.75, 3.05) is 39.3 Å². The van der Waals surface area contributed by atoms with Gasteiger partial charge < -0.3 is 5.32 Å². The molecule has 0 aromatic heterocycles. The maximum atomic E-state index is 13.2. The summed E-state index contributed by atoms with van der Waals surface area (Å²) in [6.07, 6.45) is 0. The van der Waals surface area contributed by atoms with Gasteiger partial charge in [0, 0.05) is 51.4 Å². The van der Waals surface area contributed by atoms with Crippen molar-refractivity contribution in [3.8, 4) is 0 Å². The second kappa shape index (κ2) is 5.57. The van der Waals surface area contributed by atoms with E-state index in [1.54, 1.807) is 12.1 Å². The molecule has 1 aromatic carbocycles. The number of hydrogen-bond donors (Lipinski definition) is 1. The normalized spacial score (nSPS) is 24.1. The monoisotopic (exact) mass is 263 g/mol. The third-order valence-electron chi connectivity index (χ3n) is 4.44. The third kappa shape index (κ3) is 2.81. The summed E-state index contributed by atoms with van der Waals surface area (Å²) in [6, 6.07) is 7.99. The summed E-state index contributed by atoms with van der Waals surface area (Å²) in [7, 11) is 0. The van der Waals surface area contributed by atoms with Gasteiger partial charge in [-0.05, 0) is 24.6 Å². The highest BCUT2D eigenvalue weighted by atomic mass is 19.1. The predicted octanol–water partition coefficient (Wildman–Crippen LogP) is 1.48. The Kier molecular flexibility index (Phi) is 3.82. The molecule has 0 aliphatic carbocycles. The van der Waals surface area contributed by atoms with E-state index < -0.39 is 0 Å². The fourth-order valence-corrected chi connectivity index (χ4v) is 3.06. The number of rotatable bonds is 3. The van der Waals surface area contributed by atoms with Crippen molar-refractivity contribution in [2.45, 2.75) is 19.0 Å².